The van der Waals surface area contributed by atoms with Gasteiger partial charge >= 0.3 is 5.97 Å². The fourth-order valence-electron chi connectivity index (χ4n) is 2.52. The molecule has 0 aliphatic carbocycles. The average Bonchev–Trinajstić information content (AvgIpc) is 2.63. The molecule has 0 aliphatic heterocycles. The SMILES string of the molecule is CCOc1ccc(Nc2c(C(=O)OC)cnc3nc(C)ccc23)cc1.Cl. The normalized spacial score (nSPS) is 10.1. The molecule has 2 aromatic heterocycles. The molecule has 0 saturated heterocycles. The number of nitrogens with zero attached hydrogens (tertiary/aromatic N) is 2. The Morgan fingerprint density at radius 3 is 2.54 bits per heavy atom. The molecule has 0 radical (unpaired) electrons. The molecule has 0 spiro atoms. The molecule has 0 aliphatic rings. The Hall–Kier alpha value is -2.86. The van der Waals surface area contributed by atoms with Gasteiger partial charge in [-0.3, -0.25) is 0 Å². The Balaban J connectivity index is 0.00000243. The smallest absolute Gasteiger partial charge is 0.341 e. The predicted octanol–water partition coefficient (Wildman–Crippen LogP) is 4.29. The van der Waals surface area contributed by atoms with Crippen molar-refractivity contribution >= 4 is 40.8 Å². The molecule has 2 heterocycles. The lowest BCUT2D eigenvalue weighted by molar-refractivity contribution is 0.0601. The zero-order valence-corrected chi connectivity index (χ0v) is 15.6. The third-order valence-corrected chi connectivity index (χ3v) is 3.71. The third kappa shape index (κ3) is 4.03. The van der Waals surface area contributed by atoms with Crippen LogP contribution >= 0.6 is 12.4 Å². The minimum Gasteiger partial charge on any atom is -0.494 e. The van der Waals surface area contributed by atoms with Gasteiger partial charge in [0.2, 0.25) is 0 Å². The number of nitrogens with one attached hydrogen (secondary N) is 1. The molecule has 0 atom stereocenters. The van der Waals surface area contributed by atoms with Crippen LogP contribution in [0.5, 0.6) is 5.75 Å². The van der Waals surface area contributed by atoms with E-state index in [4.69, 9.17) is 9.47 Å². The highest BCUT2D eigenvalue weighted by Crippen LogP contribution is 2.29. The van der Waals surface area contributed by atoms with Crippen LogP contribution in [0, 0.1) is 6.92 Å². The zero-order valence-electron chi connectivity index (χ0n) is 14.8. The molecular weight excluding hydrogens is 354 g/mol. The maximum absolute atomic E-state index is 12.1. The zero-order chi connectivity index (χ0) is 17.8. The Labute approximate surface area is 158 Å². The molecule has 0 saturated carbocycles. The van der Waals surface area contributed by atoms with Crippen LogP contribution in [0.3, 0.4) is 0 Å². The van der Waals surface area contributed by atoms with Crippen LogP contribution in [0.15, 0.2) is 42.6 Å². The first kappa shape index (κ1) is 19.5. The number of aryl methyl sites for hydroxylation is 1. The molecule has 1 aromatic carbocycles. The Morgan fingerprint density at radius 2 is 1.88 bits per heavy atom. The van der Waals surface area contributed by atoms with E-state index >= 15 is 0 Å². The number of pyridine rings is 2. The molecule has 136 valence electrons. The lowest BCUT2D eigenvalue weighted by atomic mass is 10.1. The first-order valence-corrected chi connectivity index (χ1v) is 7.97. The molecular formula is C19H20ClN3O3. The number of carbonyl (C=O) groups excluding carboxylic acids is 1. The number of benzene rings is 1. The van der Waals surface area contributed by atoms with E-state index in [0.29, 0.717) is 23.5 Å². The predicted molar refractivity (Wildman–Crippen MR) is 104 cm³/mol. The second kappa shape index (κ2) is 8.49. The molecule has 0 unspecified atom stereocenters. The first-order valence-electron chi connectivity index (χ1n) is 7.97. The van der Waals surface area contributed by atoms with Crippen LogP contribution in [-0.2, 0) is 4.74 Å². The standard InChI is InChI=1S/C19H19N3O3.ClH/c1-4-25-14-8-6-13(7-9-14)22-17-15-10-5-12(2)21-18(15)20-11-16(17)19(23)24-3;/h5-11H,4H2,1-3H3,(H,20,21,22);1H. The van der Waals surface area contributed by atoms with Crippen molar-refractivity contribution in [2.24, 2.45) is 0 Å². The van der Waals surface area contributed by atoms with Gasteiger partial charge in [0, 0.05) is 23.0 Å². The van der Waals surface area contributed by atoms with Gasteiger partial charge in [-0.2, -0.15) is 0 Å². The molecule has 26 heavy (non-hydrogen) atoms. The summed E-state index contributed by atoms with van der Waals surface area (Å²) in [6, 6.07) is 11.3. The van der Waals surface area contributed by atoms with E-state index in [9.17, 15) is 4.79 Å². The number of anilines is 2. The van der Waals surface area contributed by atoms with Crippen molar-refractivity contribution in [2.75, 3.05) is 19.0 Å². The van der Waals surface area contributed by atoms with Crippen molar-refractivity contribution in [1.29, 1.82) is 0 Å². The molecule has 0 bridgehead atoms. The number of methoxy groups -OCH3 is 1. The van der Waals surface area contributed by atoms with Crippen LogP contribution in [0.1, 0.15) is 23.0 Å². The Bertz CT molecular complexity index is 914. The van der Waals surface area contributed by atoms with Crippen LogP contribution in [0.2, 0.25) is 0 Å². The van der Waals surface area contributed by atoms with Crippen LogP contribution in [-0.4, -0.2) is 29.7 Å². The van der Waals surface area contributed by atoms with E-state index < -0.39 is 5.97 Å². The van der Waals surface area contributed by atoms with E-state index in [1.54, 1.807) is 0 Å². The van der Waals surface area contributed by atoms with Crippen LogP contribution in [0.25, 0.3) is 11.0 Å². The highest BCUT2D eigenvalue weighted by atomic mass is 35.5. The maximum Gasteiger partial charge on any atom is 0.341 e. The molecule has 7 heteroatoms. The Morgan fingerprint density at radius 1 is 1.15 bits per heavy atom. The van der Waals surface area contributed by atoms with Crippen LogP contribution < -0.4 is 10.1 Å². The van der Waals surface area contributed by atoms with Gasteiger partial charge in [0.1, 0.15) is 11.3 Å². The summed E-state index contributed by atoms with van der Waals surface area (Å²) in [6.45, 7) is 4.45. The number of ether oxygens (including phenoxy) is 2. The maximum atomic E-state index is 12.1. The second-order valence-electron chi connectivity index (χ2n) is 5.44. The average molecular weight is 374 g/mol. The van der Waals surface area contributed by atoms with E-state index in [2.05, 4.69) is 15.3 Å². The van der Waals surface area contributed by atoms with E-state index in [-0.39, 0.29) is 12.4 Å². The van der Waals surface area contributed by atoms with Crippen molar-refractivity contribution in [1.82, 2.24) is 9.97 Å². The number of hydrogen-bond acceptors (Lipinski definition) is 6. The molecule has 0 fully saturated rings. The fraction of sp³-hybridized carbons (Fsp3) is 0.211. The van der Waals surface area contributed by atoms with E-state index in [1.807, 2.05) is 50.2 Å². The first-order chi connectivity index (χ1) is 12.1. The number of carbonyl (C=O) groups is 1. The van der Waals surface area contributed by atoms with Gasteiger partial charge in [-0.05, 0) is 50.2 Å². The third-order valence-electron chi connectivity index (χ3n) is 3.71. The molecule has 0 amide bonds. The highest BCUT2D eigenvalue weighted by molar-refractivity contribution is 6.05. The van der Waals surface area contributed by atoms with Gasteiger partial charge in [0.05, 0.1) is 19.4 Å². The monoisotopic (exact) mass is 373 g/mol. The summed E-state index contributed by atoms with van der Waals surface area (Å²) in [7, 11) is 1.35. The molecule has 1 N–H and O–H groups in total. The van der Waals surface area contributed by atoms with Gasteiger partial charge in [-0.1, -0.05) is 0 Å². The number of esters is 1. The van der Waals surface area contributed by atoms with Crippen molar-refractivity contribution in [3.05, 3.63) is 53.9 Å². The van der Waals surface area contributed by atoms with Crippen molar-refractivity contribution < 1.29 is 14.3 Å². The van der Waals surface area contributed by atoms with Gasteiger partial charge < -0.3 is 14.8 Å². The summed E-state index contributed by atoms with van der Waals surface area (Å²) < 4.78 is 10.3. The minimum atomic E-state index is -0.455. The number of halogens is 1. The summed E-state index contributed by atoms with van der Waals surface area (Å²) in [5.74, 6) is 0.335. The largest absolute Gasteiger partial charge is 0.494 e. The minimum absolute atomic E-state index is 0. The van der Waals surface area contributed by atoms with E-state index in [0.717, 1.165) is 22.5 Å². The highest BCUT2D eigenvalue weighted by Gasteiger charge is 2.17. The van der Waals surface area contributed by atoms with Gasteiger partial charge in [-0.15, -0.1) is 12.4 Å². The summed E-state index contributed by atoms with van der Waals surface area (Å²) in [5.41, 5.74) is 3.23. The Kier molecular flexibility index (Phi) is 6.36. The van der Waals surface area contributed by atoms with Crippen molar-refractivity contribution in [3.8, 4) is 5.75 Å². The summed E-state index contributed by atoms with van der Waals surface area (Å²) in [6.07, 6.45) is 1.48. The quantitative estimate of drug-likeness (QED) is 0.672. The molecule has 6 nitrogen and oxygen atoms in total. The topological polar surface area (TPSA) is 73.3 Å². The summed E-state index contributed by atoms with van der Waals surface area (Å²) in [4.78, 5) is 20.8. The molecule has 3 aromatic rings. The van der Waals surface area contributed by atoms with Gasteiger partial charge in [-0.25, -0.2) is 14.8 Å². The van der Waals surface area contributed by atoms with Crippen LogP contribution in [0.4, 0.5) is 11.4 Å². The second-order valence-corrected chi connectivity index (χ2v) is 5.44. The lowest BCUT2D eigenvalue weighted by Gasteiger charge is -2.14. The summed E-state index contributed by atoms with van der Waals surface area (Å²) in [5, 5.41) is 4.04. The molecule has 3 rings (SSSR count). The number of fused-ring (bicyclic) bond motifs is 1. The van der Waals surface area contributed by atoms with Gasteiger partial charge in [0.15, 0.2) is 5.65 Å². The summed E-state index contributed by atoms with van der Waals surface area (Å²) >= 11 is 0. The lowest BCUT2D eigenvalue weighted by Crippen LogP contribution is -2.08. The van der Waals surface area contributed by atoms with E-state index in [1.165, 1.54) is 13.3 Å². The number of hydrogen-bond donors (Lipinski definition) is 1. The fourth-order valence-corrected chi connectivity index (χ4v) is 2.52. The number of rotatable bonds is 5. The van der Waals surface area contributed by atoms with Gasteiger partial charge in [0.25, 0.3) is 0 Å². The number of aromatic nitrogens is 2. The van der Waals surface area contributed by atoms with Crippen molar-refractivity contribution in [3.63, 3.8) is 0 Å². The van der Waals surface area contributed by atoms with Crippen molar-refractivity contribution in [2.45, 2.75) is 13.8 Å².